The van der Waals surface area contributed by atoms with Crippen LogP contribution < -0.4 is 5.32 Å². The molecule has 17 heavy (non-hydrogen) atoms. The molecule has 0 saturated heterocycles. The molecule has 1 aliphatic rings. The van der Waals surface area contributed by atoms with Crippen LogP contribution in [0, 0.1) is 13.8 Å². The van der Waals surface area contributed by atoms with E-state index in [2.05, 4.69) is 20.4 Å². The van der Waals surface area contributed by atoms with Gasteiger partial charge in [0, 0.05) is 12.2 Å². The standard InChI is InChI=1S/C12H14N4O/c1-7-11(8(2)17-16-7)12-13-6-5-10(15-12)14-9-3-4-9/h5-6,9H,3-4H2,1-2H3,(H,13,14,15). The van der Waals surface area contributed by atoms with E-state index in [1.165, 1.54) is 12.8 Å². The smallest absolute Gasteiger partial charge is 0.166 e. The Morgan fingerprint density at radius 2 is 2.18 bits per heavy atom. The van der Waals surface area contributed by atoms with Crippen LogP contribution >= 0.6 is 0 Å². The number of hydrogen-bond acceptors (Lipinski definition) is 5. The van der Waals surface area contributed by atoms with Gasteiger partial charge in [-0.15, -0.1) is 0 Å². The van der Waals surface area contributed by atoms with Crippen LogP contribution in [0.5, 0.6) is 0 Å². The van der Waals surface area contributed by atoms with Crippen LogP contribution in [0.1, 0.15) is 24.3 Å². The Kier molecular flexibility index (Phi) is 2.31. The van der Waals surface area contributed by atoms with Gasteiger partial charge in [0.15, 0.2) is 5.82 Å². The average molecular weight is 230 g/mol. The molecule has 2 heterocycles. The fraction of sp³-hybridized carbons (Fsp3) is 0.417. The second-order valence-electron chi connectivity index (χ2n) is 4.38. The van der Waals surface area contributed by atoms with E-state index < -0.39 is 0 Å². The van der Waals surface area contributed by atoms with Crippen molar-refractivity contribution in [1.82, 2.24) is 15.1 Å². The number of nitrogens with zero attached hydrogens (tertiary/aromatic N) is 3. The van der Waals surface area contributed by atoms with Gasteiger partial charge in [-0.2, -0.15) is 0 Å². The minimum Gasteiger partial charge on any atom is -0.367 e. The van der Waals surface area contributed by atoms with Crippen LogP contribution in [0.15, 0.2) is 16.8 Å². The topological polar surface area (TPSA) is 63.8 Å². The lowest BCUT2D eigenvalue weighted by molar-refractivity contribution is 0.393. The molecule has 0 atom stereocenters. The van der Waals surface area contributed by atoms with Crippen molar-refractivity contribution in [3.05, 3.63) is 23.7 Å². The molecule has 1 N–H and O–H groups in total. The molecule has 0 aliphatic heterocycles. The lowest BCUT2D eigenvalue weighted by atomic mass is 10.2. The normalized spacial score (nSPS) is 14.9. The van der Waals surface area contributed by atoms with Crippen molar-refractivity contribution in [1.29, 1.82) is 0 Å². The number of hydrogen-bond donors (Lipinski definition) is 1. The van der Waals surface area contributed by atoms with Crippen LogP contribution in [0.4, 0.5) is 5.82 Å². The second-order valence-corrected chi connectivity index (χ2v) is 4.38. The van der Waals surface area contributed by atoms with E-state index in [1.54, 1.807) is 6.20 Å². The van der Waals surface area contributed by atoms with Crippen molar-refractivity contribution in [2.45, 2.75) is 32.7 Å². The zero-order chi connectivity index (χ0) is 11.8. The summed E-state index contributed by atoms with van der Waals surface area (Å²) in [5.41, 5.74) is 1.72. The third-order valence-corrected chi connectivity index (χ3v) is 2.84. The number of aryl methyl sites for hydroxylation is 2. The Hall–Kier alpha value is -1.91. The monoisotopic (exact) mass is 230 g/mol. The van der Waals surface area contributed by atoms with Crippen molar-refractivity contribution in [2.75, 3.05) is 5.32 Å². The van der Waals surface area contributed by atoms with Crippen molar-refractivity contribution in [2.24, 2.45) is 0 Å². The first-order chi connectivity index (χ1) is 8.24. The van der Waals surface area contributed by atoms with E-state index in [0.717, 1.165) is 22.8 Å². The van der Waals surface area contributed by atoms with Gasteiger partial charge in [-0.1, -0.05) is 5.16 Å². The fourth-order valence-electron chi connectivity index (χ4n) is 1.80. The predicted octanol–water partition coefficient (Wildman–Crippen LogP) is 2.32. The van der Waals surface area contributed by atoms with E-state index in [0.29, 0.717) is 11.9 Å². The highest BCUT2D eigenvalue weighted by molar-refractivity contribution is 5.61. The van der Waals surface area contributed by atoms with Gasteiger partial charge in [-0.05, 0) is 32.8 Å². The van der Waals surface area contributed by atoms with E-state index in [4.69, 9.17) is 4.52 Å². The lowest BCUT2D eigenvalue weighted by Gasteiger charge is -2.04. The average Bonchev–Trinajstić information content (AvgIpc) is 3.05. The Morgan fingerprint density at radius 1 is 1.35 bits per heavy atom. The molecule has 0 aromatic carbocycles. The minimum absolute atomic E-state index is 0.586. The Balaban J connectivity index is 1.96. The summed E-state index contributed by atoms with van der Waals surface area (Å²) in [5, 5.41) is 7.28. The molecule has 1 saturated carbocycles. The highest BCUT2D eigenvalue weighted by Gasteiger charge is 2.22. The molecule has 2 aromatic heterocycles. The largest absolute Gasteiger partial charge is 0.367 e. The summed E-state index contributed by atoms with van der Waals surface area (Å²) in [4.78, 5) is 8.77. The molecule has 0 unspecified atom stereocenters. The molecular weight excluding hydrogens is 216 g/mol. The van der Waals surface area contributed by atoms with Crippen LogP contribution in [-0.4, -0.2) is 21.2 Å². The second kappa shape index (κ2) is 3.84. The highest BCUT2D eigenvalue weighted by atomic mass is 16.5. The summed E-state index contributed by atoms with van der Waals surface area (Å²) >= 11 is 0. The number of aromatic nitrogens is 3. The van der Waals surface area contributed by atoms with Gasteiger partial charge in [0.2, 0.25) is 0 Å². The van der Waals surface area contributed by atoms with Crippen LogP contribution in [0.25, 0.3) is 11.4 Å². The lowest BCUT2D eigenvalue weighted by Crippen LogP contribution is -2.04. The molecule has 5 nitrogen and oxygen atoms in total. The maximum atomic E-state index is 5.13. The van der Waals surface area contributed by atoms with Gasteiger partial charge in [0.25, 0.3) is 0 Å². The van der Waals surface area contributed by atoms with Crippen LogP contribution in [0.3, 0.4) is 0 Å². The molecule has 1 fully saturated rings. The first-order valence-electron chi connectivity index (χ1n) is 5.77. The number of rotatable bonds is 3. The van der Waals surface area contributed by atoms with Crippen molar-refractivity contribution in [3.63, 3.8) is 0 Å². The first-order valence-corrected chi connectivity index (χ1v) is 5.77. The predicted molar refractivity (Wildman–Crippen MR) is 63.6 cm³/mol. The Morgan fingerprint density at radius 3 is 2.82 bits per heavy atom. The van der Waals surface area contributed by atoms with Crippen molar-refractivity contribution < 1.29 is 4.52 Å². The molecule has 2 aromatic rings. The van der Waals surface area contributed by atoms with Gasteiger partial charge in [0.1, 0.15) is 11.6 Å². The Bertz CT molecular complexity index is 526. The molecule has 88 valence electrons. The molecule has 0 spiro atoms. The quantitative estimate of drug-likeness (QED) is 0.876. The van der Waals surface area contributed by atoms with Gasteiger partial charge in [-0.3, -0.25) is 0 Å². The molecule has 0 amide bonds. The molecule has 3 rings (SSSR count). The SMILES string of the molecule is Cc1noc(C)c1-c1nccc(NC2CC2)n1. The van der Waals surface area contributed by atoms with Crippen molar-refractivity contribution >= 4 is 5.82 Å². The zero-order valence-electron chi connectivity index (χ0n) is 9.90. The molecular formula is C12H14N4O. The third-order valence-electron chi connectivity index (χ3n) is 2.84. The van der Waals surface area contributed by atoms with Gasteiger partial charge >= 0.3 is 0 Å². The van der Waals surface area contributed by atoms with E-state index >= 15 is 0 Å². The van der Waals surface area contributed by atoms with E-state index in [9.17, 15) is 0 Å². The summed E-state index contributed by atoms with van der Waals surface area (Å²) in [6.07, 6.45) is 4.22. The van der Waals surface area contributed by atoms with E-state index in [-0.39, 0.29) is 0 Å². The van der Waals surface area contributed by atoms with Crippen molar-refractivity contribution in [3.8, 4) is 11.4 Å². The van der Waals surface area contributed by atoms with Gasteiger partial charge in [0.05, 0.1) is 11.3 Å². The van der Waals surface area contributed by atoms with Crippen LogP contribution in [-0.2, 0) is 0 Å². The maximum Gasteiger partial charge on any atom is 0.166 e. The first kappa shape index (κ1) is 10.3. The minimum atomic E-state index is 0.586. The summed E-state index contributed by atoms with van der Waals surface area (Å²) in [7, 11) is 0. The molecule has 0 bridgehead atoms. The molecule has 5 heteroatoms. The number of nitrogens with one attached hydrogen (secondary N) is 1. The Labute approximate surface area is 99.3 Å². The number of anilines is 1. The molecule has 1 aliphatic carbocycles. The van der Waals surface area contributed by atoms with E-state index in [1.807, 2.05) is 19.9 Å². The highest BCUT2D eigenvalue weighted by Crippen LogP contribution is 2.26. The maximum absolute atomic E-state index is 5.13. The summed E-state index contributed by atoms with van der Waals surface area (Å²) in [6.45, 7) is 3.77. The summed E-state index contributed by atoms with van der Waals surface area (Å²) in [6, 6.07) is 2.47. The van der Waals surface area contributed by atoms with Gasteiger partial charge in [-0.25, -0.2) is 9.97 Å². The van der Waals surface area contributed by atoms with Gasteiger partial charge < -0.3 is 9.84 Å². The van der Waals surface area contributed by atoms with Crippen LogP contribution in [0.2, 0.25) is 0 Å². The third kappa shape index (κ3) is 2.00. The molecule has 0 radical (unpaired) electrons. The summed E-state index contributed by atoms with van der Waals surface area (Å²) in [5.74, 6) is 2.30. The summed E-state index contributed by atoms with van der Waals surface area (Å²) < 4.78 is 5.13. The fourth-order valence-corrected chi connectivity index (χ4v) is 1.80. The zero-order valence-corrected chi connectivity index (χ0v) is 9.90.